The molecule has 1 unspecified atom stereocenters. The number of hydrogen-bond donors (Lipinski definition) is 1. The average molecular weight is 287 g/mol. The van der Waals surface area contributed by atoms with Gasteiger partial charge in [0.25, 0.3) is 0 Å². The van der Waals surface area contributed by atoms with Crippen molar-refractivity contribution >= 4 is 17.7 Å². The zero-order valence-electron chi connectivity index (χ0n) is 11.6. The summed E-state index contributed by atoms with van der Waals surface area (Å²) < 4.78 is 6.77. The molecule has 1 aromatic rings. The number of rotatable bonds is 9. The average Bonchev–Trinajstić information content (AvgIpc) is 2.83. The Hall–Kier alpha value is -1.15. The SMILES string of the molecule is CCCC(Sc1nnnn1CCNC)C(=O)OCC. The highest BCUT2D eigenvalue weighted by Gasteiger charge is 2.23. The highest BCUT2D eigenvalue weighted by atomic mass is 32.2. The van der Waals surface area contributed by atoms with Crippen molar-refractivity contribution in [2.45, 2.75) is 43.6 Å². The third-order valence-corrected chi connectivity index (χ3v) is 3.64. The molecule has 0 aliphatic rings. The van der Waals surface area contributed by atoms with Crippen LogP contribution in [0, 0.1) is 0 Å². The quantitative estimate of drug-likeness (QED) is 0.529. The van der Waals surface area contributed by atoms with Gasteiger partial charge >= 0.3 is 5.97 Å². The van der Waals surface area contributed by atoms with E-state index in [1.54, 1.807) is 4.68 Å². The third kappa shape index (κ3) is 5.15. The zero-order valence-corrected chi connectivity index (χ0v) is 12.4. The first kappa shape index (κ1) is 15.9. The van der Waals surface area contributed by atoms with Gasteiger partial charge in [-0.15, -0.1) is 5.10 Å². The lowest BCUT2D eigenvalue weighted by Gasteiger charge is -2.13. The summed E-state index contributed by atoms with van der Waals surface area (Å²) in [4.78, 5) is 11.9. The van der Waals surface area contributed by atoms with E-state index in [0.717, 1.165) is 19.4 Å². The van der Waals surface area contributed by atoms with Crippen LogP contribution in [0.1, 0.15) is 26.7 Å². The first-order valence-electron chi connectivity index (χ1n) is 6.46. The first-order chi connectivity index (χ1) is 9.22. The van der Waals surface area contributed by atoms with E-state index in [2.05, 4.69) is 20.8 Å². The normalized spacial score (nSPS) is 12.4. The van der Waals surface area contributed by atoms with E-state index in [1.807, 2.05) is 20.9 Å². The smallest absolute Gasteiger partial charge is 0.319 e. The summed E-state index contributed by atoms with van der Waals surface area (Å²) in [5.74, 6) is -0.197. The Morgan fingerprint density at radius 2 is 2.32 bits per heavy atom. The first-order valence-corrected chi connectivity index (χ1v) is 7.34. The molecule has 1 N–H and O–H groups in total. The Labute approximate surface area is 117 Å². The molecule has 0 amide bonds. The highest BCUT2D eigenvalue weighted by Crippen LogP contribution is 2.25. The van der Waals surface area contributed by atoms with Crippen LogP contribution >= 0.6 is 11.8 Å². The molecule has 8 heteroatoms. The van der Waals surface area contributed by atoms with Crippen LogP contribution in [0.3, 0.4) is 0 Å². The summed E-state index contributed by atoms with van der Waals surface area (Å²) in [5, 5.41) is 15.0. The van der Waals surface area contributed by atoms with Gasteiger partial charge in [0.2, 0.25) is 5.16 Å². The van der Waals surface area contributed by atoms with E-state index in [1.165, 1.54) is 11.8 Å². The summed E-state index contributed by atoms with van der Waals surface area (Å²) in [6, 6.07) is 0. The lowest BCUT2D eigenvalue weighted by atomic mass is 10.2. The Kier molecular flexibility index (Phi) is 7.42. The van der Waals surface area contributed by atoms with Crippen LogP contribution in [0.5, 0.6) is 0 Å². The standard InChI is InChI=1S/C11H21N5O2S/c1-4-6-9(10(17)18-5-2)19-11-13-14-15-16(11)8-7-12-3/h9,12H,4-8H2,1-3H3. The molecule has 0 saturated carbocycles. The summed E-state index contributed by atoms with van der Waals surface area (Å²) >= 11 is 1.37. The van der Waals surface area contributed by atoms with E-state index in [-0.39, 0.29) is 11.2 Å². The maximum Gasteiger partial charge on any atom is 0.319 e. The number of hydrogen-bond acceptors (Lipinski definition) is 7. The number of carbonyl (C=O) groups is 1. The molecule has 1 aromatic heterocycles. The molecule has 0 radical (unpaired) electrons. The number of thioether (sulfide) groups is 1. The van der Waals surface area contributed by atoms with Crippen molar-refractivity contribution in [2.75, 3.05) is 20.2 Å². The lowest BCUT2D eigenvalue weighted by Crippen LogP contribution is -2.22. The van der Waals surface area contributed by atoms with Gasteiger partial charge in [-0.1, -0.05) is 25.1 Å². The second-order valence-corrected chi connectivity index (χ2v) is 5.11. The van der Waals surface area contributed by atoms with Crippen LogP contribution < -0.4 is 5.32 Å². The minimum Gasteiger partial charge on any atom is -0.465 e. The molecule has 1 rings (SSSR count). The number of nitrogens with zero attached hydrogens (tertiary/aromatic N) is 4. The van der Waals surface area contributed by atoms with E-state index in [0.29, 0.717) is 18.3 Å². The minimum atomic E-state index is -0.246. The number of nitrogens with one attached hydrogen (secondary N) is 1. The van der Waals surface area contributed by atoms with Gasteiger partial charge in [0, 0.05) is 6.54 Å². The molecule has 0 bridgehead atoms. The van der Waals surface area contributed by atoms with Crippen LogP contribution in [-0.2, 0) is 16.1 Å². The molecule has 0 saturated heterocycles. The topological polar surface area (TPSA) is 81.9 Å². The van der Waals surface area contributed by atoms with Crippen molar-refractivity contribution in [3.05, 3.63) is 0 Å². The summed E-state index contributed by atoms with van der Waals surface area (Å²) in [6.45, 7) is 5.69. The zero-order chi connectivity index (χ0) is 14.1. The maximum absolute atomic E-state index is 11.9. The minimum absolute atomic E-state index is 0.197. The van der Waals surface area contributed by atoms with Gasteiger partial charge < -0.3 is 10.1 Å². The van der Waals surface area contributed by atoms with Gasteiger partial charge in [-0.25, -0.2) is 4.68 Å². The number of aromatic nitrogens is 4. The van der Waals surface area contributed by atoms with Crippen molar-refractivity contribution in [1.29, 1.82) is 0 Å². The predicted octanol–water partition coefficient (Wildman–Crippen LogP) is 0.716. The number of ether oxygens (including phenoxy) is 1. The molecule has 0 spiro atoms. The lowest BCUT2D eigenvalue weighted by molar-refractivity contribution is -0.142. The summed E-state index contributed by atoms with van der Waals surface area (Å²) in [6.07, 6.45) is 1.66. The van der Waals surface area contributed by atoms with Crippen LogP contribution in [-0.4, -0.2) is 51.6 Å². The van der Waals surface area contributed by atoms with Crippen molar-refractivity contribution in [3.63, 3.8) is 0 Å². The predicted molar refractivity (Wildman–Crippen MR) is 72.9 cm³/mol. The van der Waals surface area contributed by atoms with Gasteiger partial charge in [-0.3, -0.25) is 4.79 Å². The Morgan fingerprint density at radius 1 is 1.53 bits per heavy atom. The second kappa shape index (κ2) is 8.87. The number of tetrazole rings is 1. The molecule has 1 heterocycles. The van der Waals surface area contributed by atoms with E-state index < -0.39 is 0 Å². The Morgan fingerprint density at radius 3 is 2.95 bits per heavy atom. The molecular formula is C11H21N5O2S. The highest BCUT2D eigenvalue weighted by molar-refractivity contribution is 8.00. The molecule has 108 valence electrons. The summed E-state index contributed by atoms with van der Waals surface area (Å²) in [5.41, 5.74) is 0. The van der Waals surface area contributed by atoms with Gasteiger partial charge in [-0.2, -0.15) is 0 Å². The van der Waals surface area contributed by atoms with E-state index >= 15 is 0 Å². The fourth-order valence-corrected chi connectivity index (χ4v) is 2.59. The van der Waals surface area contributed by atoms with Gasteiger partial charge in [0.05, 0.1) is 13.2 Å². The Balaban J connectivity index is 2.67. The maximum atomic E-state index is 11.9. The number of carbonyl (C=O) groups excluding carboxylic acids is 1. The fraction of sp³-hybridized carbons (Fsp3) is 0.818. The van der Waals surface area contributed by atoms with Crippen molar-refractivity contribution in [1.82, 2.24) is 25.5 Å². The molecule has 0 aromatic carbocycles. The van der Waals surface area contributed by atoms with Gasteiger partial charge in [0.1, 0.15) is 5.25 Å². The fourth-order valence-electron chi connectivity index (χ4n) is 1.49. The van der Waals surface area contributed by atoms with E-state index in [9.17, 15) is 4.79 Å². The molecule has 7 nitrogen and oxygen atoms in total. The Bertz CT molecular complexity index is 385. The molecule has 0 fully saturated rings. The van der Waals surface area contributed by atoms with Crippen molar-refractivity contribution in [2.24, 2.45) is 0 Å². The molecule has 0 aliphatic heterocycles. The van der Waals surface area contributed by atoms with Crippen LogP contribution in [0.25, 0.3) is 0 Å². The molecule has 1 atom stereocenters. The van der Waals surface area contributed by atoms with Crippen molar-refractivity contribution in [3.8, 4) is 0 Å². The number of esters is 1. The molecule has 19 heavy (non-hydrogen) atoms. The second-order valence-electron chi connectivity index (χ2n) is 3.94. The number of likely N-dealkylation sites (N-methyl/N-ethyl adjacent to an activating group) is 1. The third-order valence-electron chi connectivity index (χ3n) is 2.42. The largest absolute Gasteiger partial charge is 0.465 e. The van der Waals surface area contributed by atoms with Gasteiger partial charge in [-0.05, 0) is 30.8 Å². The van der Waals surface area contributed by atoms with Gasteiger partial charge in [0.15, 0.2) is 0 Å². The van der Waals surface area contributed by atoms with E-state index in [4.69, 9.17) is 4.74 Å². The van der Waals surface area contributed by atoms with Crippen molar-refractivity contribution < 1.29 is 9.53 Å². The molecular weight excluding hydrogens is 266 g/mol. The summed E-state index contributed by atoms with van der Waals surface area (Å²) in [7, 11) is 1.87. The van der Waals surface area contributed by atoms with Crippen LogP contribution in [0.4, 0.5) is 0 Å². The monoisotopic (exact) mass is 287 g/mol. The van der Waals surface area contributed by atoms with Crippen LogP contribution in [0.2, 0.25) is 0 Å². The molecule has 0 aliphatic carbocycles. The van der Waals surface area contributed by atoms with Crippen LogP contribution in [0.15, 0.2) is 5.16 Å².